The van der Waals surface area contributed by atoms with Crippen LogP contribution in [0.4, 0.5) is 0 Å². The van der Waals surface area contributed by atoms with Crippen molar-refractivity contribution in [2.75, 3.05) is 0 Å². The molecule has 1 heterocycles. The maximum atomic E-state index is 12.5. The lowest BCUT2D eigenvalue weighted by Crippen LogP contribution is -2.26. The van der Waals surface area contributed by atoms with E-state index in [1.165, 1.54) is 11.0 Å². The Morgan fingerprint density at radius 1 is 1.22 bits per heavy atom. The Balaban J connectivity index is 1.77. The number of rotatable bonds is 4. The molecule has 1 atom stereocenters. The lowest BCUT2D eigenvalue weighted by molar-refractivity contribution is 0.0940. The zero-order valence-corrected chi connectivity index (χ0v) is 13.9. The Bertz CT molecular complexity index is 819. The second-order valence-corrected chi connectivity index (χ2v) is 5.97. The van der Waals surface area contributed by atoms with E-state index >= 15 is 0 Å². The Kier molecular flexibility index (Phi) is 4.47. The first-order valence-electron chi connectivity index (χ1n) is 7.03. The van der Waals surface area contributed by atoms with Crippen molar-refractivity contribution in [1.82, 2.24) is 25.5 Å². The Morgan fingerprint density at radius 3 is 2.78 bits per heavy atom. The topological polar surface area (TPSA) is 72.7 Å². The van der Waals surface area contributed by atoms with Crippen LogP contribution in [0.1, 0.15) is 28.9 Å². The van der Waals surface area contributed by atoms with Gasteiger partial charge in [0.1, 0.15) is 6.33 Å². The fourth-order valence-electron chi connectivity index (χ4n) is 2.21. The zero-order valence-electron chi connectivity index (χ0n) is 12.3. The first-order valence-corrected chi connectivity index (χ1v) is 7.82. The molecule has 7 heteroatoms. The molecule has 1 aromatic heterocycles. The molecule has 0 aliphatic rings. The molecule has 0 radical (unpaired) electrons. The quantitative estimate of drug-likeness (QED) is 0.765. The molecule has 0 saturated heterocycles. The van der Waals surface area contributed by atoms with Crippen LogP contribution in [0.3, 0.4) is 0 Å². The second kappa shape index (κ2) is 6.70. The van der Waals surface area contributed by atoms with Crippen molar-refractivity contribution in [1.29, 1.82) is 0 Å². The van der Waals surface area contributed by atoms with Gasteiger partial charge in [0.05, 0.1) is 11.7 Å². The monoisotopic (exact) mass is 371 g/mol. The molecule has 2 aromatic carbocycles. The maximum Gasteiger partial charge on any atom is 0.251 e. The molecule has 0 fully saturated rings. The summed E-state index contributed by atoms with van der Waals surface area (Å²) in [5, 5.41) is 14.0. The number of halogens is 1. The van der Waals surface area contributed by atoms with Gasteiger partial charge in [-0.1, -0.05) is 34.1 Å². The standard InChI is InChI=1S/C16H14BrN5O/c1-11(12-4-2-6-14(17)8-12)19-16(23)13-5-3-7-15(9-13)22-10-18-20-21-22/h2-11H,1H3,(H,19,23). The van der Waals surface area contributed by atoms with E-state index in [9.17, 15) is 4.79 Å². The number of aromatic nitrogens is 4. The molecule has 116 valence electrons. The maximum absolute atomic E-state index is 12.5. The third-order valence-electron chi connectivity index (χ3n) is 3.42. The lowest BCUT2D eigenvalue weighted by Gasteiger charge is -2.15. The third kappa shape index (κ3) is 3.62. The molecule has 0 aliphatic carbocycles. The van der Waals surface area contributed by atoms with E-state index in [2.05, 4.69) is 36.8 Å². The summed E-state index contributed by atoms with van der Waals surface area (Å²) in [4.78, 5) is 12.5. The van der Waals surface area contributed by atoms with Crippen molar-refractivity contribution in [3.63, 3.8) is 0 Å². The number of tetrazole rings is 1. The highest BCUT2D eigenvalue weighted by molar-refractivity contribution is 9.10. The molecule has 0 spiro atoms. The summed E-state index contributed by atoms with van der Waals surface area (Å²) in [6.45, 7) is 1.95. The van der Waals surface area contributed by atoms with E-state index in [-0.39, 0.29) is 11.9 Å². The van der Waals surface area contributed by atoms with E-state index in [0.29, 0.717) is 5.56 Å². The van der Waals surface area contributed by atoms with E-state index in [0.717, 1.165) is 15.7 Å². The normalized spacial score (nSPS) is 11.9. The number of carbonyl (C=O) groups excluding carboxylic acids is 1. The smallest absolute Gasteiger partial charge is 0.251 e. The summed E-state index contributed by atoms with van der Waals surface area (Å²) in [6, 6.07) is 14.9. The second-order valence-electron chi connectivity index (χ2n) is 5.05. The number of amides is 1. The number of nitrogens with one attached hydrogen (secondary N) is 1. The Morgan fingerprint density at radius 2 is 2.04 bits per heavy atom. The van der Waals surface area contributed by atoms with Gasteiger partial charge in [-0.3, -0.25) is 4.79 Å². The van der Waals surface area contributed by atoms with Gasteiger partial charge in [0.25, 0.3) is 5.91 Å². The fourth-order valence-corrected chi connectivity index (χ4v) is 2.63. The van der Waals surface area contributed by atoms with Gasteiger partial charge in [0, 0.05) is 10.0 Å². The average Bonchev–Trinajstić information content (AvgIpc) is 3.09. The molecule has 1 N–H and O–H groups in total. The minimum absolute atomic E-state index is 0.100. The highest BCUT2D eigenvalue weighted by Gasteiger charge is 2.12. The molecule has 1 unspecified atom stereocenters. The van der Waals surface area contributed by atoms with Crippen LogP contribution in [0, 0.1) is 0 Å². The Hall–Kier alpha value is -2.54. The number of hydrogen-bond donors (Lipinski definition) is 1. The van der Waals surface area contributed by atoms with Crippen LogP contribution in [0.5, 0.6) is 0 Å². The van der Waals surface area contributed by atoms with E-state index in [1.54, 1.807) is 18.2 Å². The van der Waals surface area contributed by atoms with E-state index in [4.69, 9.17) is 0 Å². The molecular weight excluding hydrogens is 358 g/mol. The zero-order chi connectivity index (χ0) is 16.2. The number of carbonyl (C=O) groups is 1. The SMILES string of the molecule is CC(NC(=O)c1cccc(-n2cnnn2)c1)c1cccc(Br)c1. The van der Waals surface area contributed by atoms with Gasteiger partial charge in [-0.15, -0.1) is 5.10 Å². The van der Waals surface area contributed by atoms with Gasteiger partial charge in [0.15, 0.2) is 0 Å². The van der Waals surface area contributed by atoms with Crippen molar-refractivity contribution in [3.8, 4) is 5.69 Å². The first-order chi connectivity index (χ1) is 11.1. The summed E-state index contributed by atoms with van der Waals surface area (Å²) < 4.78 is 2.49. The van der Waals surface area contributed by atoms with Crippen LogP contribution in [0.2, 0.25) is 0 Å². The van der Waals surface area contributed by atoms with Crippen molar-refractivity contribution in [2.24, 2.45) is 0 Å². The van der Waals surface area contributed by atoms with Crippen LogP contribution in [0.15, 0.2) is 59.3 Å². The Labute approximate surface area is 141 Å². The van der Waals surface area contributed by atoms with Gasteiger partial charge in [-0.2, -0.15) is 0 Å². The highest BCUT2D eigenvalue weighted by Crippen LogP contribution is 2.18. The summed E-state index contributed by atoms with van der Waals surface area (Å²) in [6.07, 6.45) is 1.49. The van der Waals surface area contributed by atoms with Gasteiger partial charge in [-0.05, 0) is 53.2 Å². The molecule has 6 nitrogen and oxygen atoms in total. The summed E-state index contributed by atoms with van der Waals surface area (Å²) in [5.74, 6) is -0.146. The minimum atomic E-state index is -0.146. The van der Waals surface area contributed by atoms with Crippen molar-refractivity contribution in [3.05, 3.63) is 70.5 Å². The molecule has 1 amide bonds. The summed E-state index contributed by atoms with van der Waals surface area (Å²) in [7, 11) is 0. The first kappa shape index (κ1) is 15.4. The molecule has 3 rings (SSSR count). The number of benzene rings is 2. The predicted octanol–water partition coefficient (Wildman–Crippen LogP) is 2.92. The highest BCUT2D eigenvalue weighted by atomic mass is 79.9. The van der Waals surface area contributed by atoms with E-state index in [1.807, 2.05) is 37.3 Å². The predicted molar refractivity (Wildman–Crippen MR) is 89.2 cm³/mol. The van der Waals surface area contributed by atoms with Crippen LogP contribution in [-0.2, 0) is 0 Å². The van der Waals surface area contributed by atoms with Gasteiger partial charge >= 0.3 is 0 Å². The third-order valence-corrected chi connectivity index (χ3v) is 3.91. The van der Waals surface area contributed by atoms with E-state index < -0.39 is 0 Å². The van der Waals surface area contributed by atoms with Crippen molar-refractivity contribution >= 4 is 21.8 Å². The molecular formula is C16H14BrN5O. The number of hydrogen-bond acceptors (Lipinski definition) is 4. The van der Waals surface area contributed by atoms with Crippen LogP contribution >= 0.6 is 15.9 Å². The number of nitrogens with zero attached hydrogens (tertiary/aromatic N) is 4. The lowest BCUT2D eigenvalue weighted by atomic mass is 10.1. The van der Waals surface area contributed by atoms with Crippen molar-refractivity contribution in [2.45, 2.75) is 13.0 Å². The van der Waals surface area contributed by atoms with Crippen LogP contribution in [-0.4, -0.2) is 26.1 Å². The molecule has 23 heavy (non-hydrogen) atoms. The minimum Gasteiger partial charge on any atom is -0.346 e. The largest absolute Gasteiger partial charge is 0.346 e. The summed E-state index contributed by atoms with van der Waals surface area (Å²) >= 11 is 3.44. The van der Waals surface area contributed by atoms with Gasteiger partial charge in [-0.25, -0.2) is 4.68 Å². The molecule has 0 aliphatic heterocycles. The molecule has 3 aromatic rings. The van der Waals surface area contributed by atoms with Gasteiger partial charge < -0.3 is 5.32 Å². The molecule has 0 bridgehead atoms. The van der Waals surface area contributed by atoms with Crippen LogP contribution in [0.25, 0.3) is 5.69 Å². The van der Waals surface area contributed by atoms with Crippen molar-refractivity contribution < 1.29 is 4.79 Å². The van der Waals surface area contributed by atoms with Gasteiger partial charge in [0.2, 0.25) is 0 Å². The average molecular weight is 372 g/mol. The fraction of sp³-hybridized carbons (Fsp3) is 0.125. The summed E-state index contributed by atoms with van der Waals surface area (Å²) in [5.41, 5.74) is 2.32. The molecule has 0 saturated carbocycles. The van der Waals surface area contributed by atoms with Crippen LogP contribution < -0.4 is 5.32 Å².